The highest BCUT2D eigenvalue weighted by atomic mass is 32.2. The van der Waals surface area contributed by atoms with Crippen molar-refractivity contribution in [1.29, 1.82) is 0 Å². The number of carbonyl (C=O) groups is 1. The van der Waals surface area contributed by atoms with Crippen LogP contribution in [0.2, 0.25) is 0 Å². The molecule has 1 aliphatic rings. The molecule has 3 heterocycles. The molecule has 0 aliphatic carbocycles. The van der Waals surface area contributed by atoms with Gasteiger partial charge in [0.1, 0.15) is 11.3 Å². The molecule has 1 fully saturated rings. The first-order chi connectivity index (χ1) is 16.3. The molecular formula is C25H25N3O4S2. The Morgan fingerprint density at radius 3 is 2.62 bits per heavy atom. The van der Waals surface area contributed by atoms with Gasteiger partial charge in [-0.2, -0.15) is 4.31 Å². The molecule has 0 radical (unpaired) electrons. The van der Waals surface area contributed by atoms with E-state index in [-0.39, 0.29) is 10.5 Å². The van der Waals surface area contributed by atoms with E-state index in [0.717, 1.165) is 17.4 Å². The van der Waals surface area contributed by atoms with Gasteiger partial charge in [-0.05, 0) is 48.6 Å². The van der Waals surface area contributed by atoms with E-state index < -0.39 is 15.9 Å². The molecule has 0 saturated carbocycles. The number of aromatic nitrogens is 1. The summed E-state index contributed by atoms with van der Waals surface area (Å²) in [4.78, 5) is 17.5. The Kier molecular flexibility index (Phi) is 6.01. The molecular weight excluding hydrogens is 470 g/mol. The van der Waals surface area contributed by atoms with Crippen LogP contribution in [0, 0.1) is 11.8 Å². The van der Waals surface area contributed by atoms with Gasteiger partial charge in [0.15, 0.2) is 10.9 Å². The van der Waals surface area contributed by atoms with E-state index in [1.54, 1.807) is 18.2 Å². The van der Waals surface area contributed by atoms with E-state index in [4.69, 9.17) is 4.42 Å². The Balaban J connectivity index is 1.33. The first kappa shape index (κ1) is 22.8. The average molecular weight is 496 g/mol. The third kappa shape index (κ3) is 4.51. The number of benzene rings is 2. The van der Waals surface area contributed by atoms with Crippen LogP contribution in [-0.2, 0) is 10.0 Å². The standard InChI is InChI=1S/C25H25N3O4S2/c1-16-10-17(2)14-28(13-16)34(30,31)20-8-5-7-19(11-20)24(29)27-25-26-21(15-33-25)23-12-18-6-3-4-9-22(18)32-23/h3-9,11-12,15-17H,10,13-14H2,1-2H3,(H,26,27,29)/t16-,17+. The minimum Gasteiger partial charge on any atom is -0.454 e. The van der Waals surface area contributed by atoms with Gasteiger partial charge >= 0.3 is 0 Å². The molecule has 1 amide bonds. The van der Waals surface area contributed by atoms with Crippen LogP contribution in [0.1, 0.15) is 30.6 Å². The van der Waals surface area contributed by atoms with Crippen molar-refractivity contribution in [3.05, 3.63) is 65.5 Å². The van der Waals surface area contributed by atoms with Gasteiger partial charge in [0.25, 0.3) is 5.91 Å². The van der Waals surface area contributed by atoms with E-state index >= 15 is 0 Å². The van der Waals surface area contributed by atoms with Crippen LogP contribution < -0.4 is 5.32 Å². The number of anilines is 1. The maximum atomic E-state index is 13.2. The summed E-state index contributed by atoms with van der Waals surface area (Å²) in [6, 6.07) is 15.8. The summed E-state index contributed by atoms with van der Waals surface area (Å²) in [5.74, 6) is 0.811. The zero-order chi connectivity index (χ0) is 23.9. The molecule has 7 nitrogen and oxygen atoms in total. The number of rotatable bonds is 5. The fourth-order valence-corrected chi connectivity index (χ4v) is 6.89. The topological polar surface area (TPSA) is 92.5 Å². The number of piperidine rings is 1. The molecule has 0 unspecified atom stereocenters. The van der Waals surface area contributed by atoms with Gasteiger partial charge in [-0.15, -0.1) is 11.3 Å². The molecule has 34 heavy (non-hydrogen) atoms. The summed E-state index contributed by atoms with van der Waals surface area (Å²) in [6.07, 6.45) is 1.01. The van der Waals surface area contributed by atoms with Crippen LogP contribution in [0.25, 0.3) is 22.4 Å². The third-order valence-corrected chi connectivity index (χ3v) is 8.56. The number of thiazole rings is 1. The monoisotopic (exact) mass is 495 g/mol. The molecule has 2 atom stereocenters. The number of furan rings is 1. The summed E-state index contributed by atoms with van der Waals surface area (Å²) in [5, 5.41) is 5.97. The van der Waals surface area contributed by atoms with Crippen LogP contribution in [0.15, 0.2) is 69.3 Å². The Bertz CT molecular complexity index is 1410. The van der Waals surface area contributed by atoms with Gasteiger partial charge in [0.05, 0.1) is 4.90 Å². The van der Waals surface area contributed by atoms with Crippen LogP contribution in [0.3, 0.4) is 0 Å². The number of hydrogen-bond acceptors (Lipinski definition) is 6. The maximum absolute atomic E-state index is 13.2. The van der Waals surface area contributed by atoms with Gasteiger partial charge in [0, 0.05) is 29.4 Å². The van der Waals surface area contributed by atoms with Crippen LogP contribution >= 0.6 is 11.3 Å². The van der Waals surface area contributed by atoms with Crippen molar-refractivity contribution >= 4 is 43.4 Å². The van der Waals surface area contributed by atoms with E-state index in [1.807, 2.05) is 35.7 Å². The van der Waals surface area contributed by atoms with Crippen molar-refractivity contribution in [2.24, 2.45) is 11.8 Å². The molecule has 2 aromatic carbocycles. The third-order valence-electron chi connectivity index (χ3n) is 5.97. The lowest BCUT2D eigenvalue weighted by molar-refractivity contribution is 0.102. The summed E-state index contributed by atoms with van der Waals surface area (Å²) in [6.45, 7) is 5.12. The highest BCUT2D eigenvalue weighted by molar-refractivity contribution is 7.89. The summed E-state index contributed by atoms with van der Waals surface area (Å²) in [5.41, 5.74) is 1.66. The Morgan fingerprint density at radius 2 is 1.85 bits per heavy atom. The van der Waals surface area contributed by atoms with Crippen LogP contribution in [0.4, 0.5) is 5.13 Å². The second-order valence-corrected chi connectivity index (χ2v) is 11.7. The minimum atomic E-state index is -3.67. The fraction of sp³-hybridized carbons (Fsp3) is 0.280. The Morgan fingerprint density at radius 1 is 1.09 bits per heavy atom. The lowest BCUT2D eigenvalue weighted by Crippen LogP contribution is -2.42. The molecule has 1 saturated heterocycles. The normalized spacial score (nSPS) is 19.4. The quantitative estimate of drug-likeness (QED) is 0.396. The number of sulfonamides is 1. The van der Waals surface area contributed by atoms with Crippen molar-refractivity contribution < 1.29 is 17.6 Å². The highest BCUT2D eigenvalue weighted by Crippen LogP contribution is 2.31. The average Bonchev–Trinajstić information content (AvgIpc) is 3.45. The molecule has 4 aromatic rings. The number of nitrogens with one attached hydrogen (secondary N) is 1. The van der Waals surface area contributed by atoms with E-state index in [9.17, 15) is 13.2 Å². The maximum Gasteiger partial charge on any atom is 0.257 e. The first-order valence-corrected chi connectivity index (χ1v) is 13.5. The number of fused-ring (bicyclic) bond motifs is 1. The predicted molar refractivity (Wildman–Crippen MR) is 133 cm³/mol. The number of amides is 1. The second kappa shape index (κ2) is 8.98. The largest absolute Gasteiger partial charge is 0.454 e. The molecule has 1 aliphatic heterocycles. The van der Waals surface area contributed by atoms with Gasteiger partial charge < -0.3 is 4.42 Å². The minimum absolute atomic E-state index is 0.128. The molecule has 1 N–H and O–H groups in total. The summed E-state index contributed by atoms with van der Waals surface area (Å²) < 4.78 is 33.8. The lowest BCUT2D eigenvalue weighted by atomic mass is 9.94. The zero-order valence-corrected chi connectivity index (χ0v) is 20.5. The molecule has 0 spiro atoms. The Hall–Kier alpha value is -3.01. The van der Waals surface area contributed by atoms with Crippen molar-refractivity contribution in [3.8, 4) is 11.5 Å². The fourth-order valence-electron chi connectivity index (χ4n) is 4.47. The second-order valence-electron chi connectivity index (χ2n) is 8.94. The summed E-state index contributed by atoms with van der Waals surface area (Å²) in [7, 11) is -3.67. The number of hydrogen-bond donors (Lipinski definition) is 1. The Labute approximate surface area is 202 Å². The SMILES string of the molecule is C[C@@H]1C[C@H](C)CN(S(=O)(=O)c2cccc(C(=O)Nc3nc(-c4cc5ccccc5o4)cs3)c2)C1. The van der Waals surface area contributed by atoms with Gasteiger partial charge in [-0.1, -0.05) is 38.1 Å². The van der Waals surface area contributed by atoms with Crippen molar-refractivity contribution in [1.82, 2.24) is 9.29 Å². The molecule has 9 heteroatoms. The number of nitrogens with zero attached hydrogens (tertiary/aromatic N) is 2. The van der Waals surface area contributed by atoms with Gasteiger partial charge in [-0.3, -0.25) is 10.1 Å². The van der Waals surface area contributed by atoms with E-state index in [2.05, 4.69) is 24.1 Å². The zero-order valence-electron chi connectivity index (χ0n) is 18.9. The number of para-hydroxylation sites is 1. The van der Waals surface area contributed by atoms with Crippen molar-refractivity contribution in [2.75, 3.05) is 18.4 Å². The van der Waals surface area contributed by atoms with Gasteiger partial charge in [0.2, 0.25) is 10.0 Å². The molecule has 176 valence electrons. The highest BCUT2D eigenvalue weighted by Gasteiger charge is 2.32. The smallest absolute Gasteiger partial charge is 0.257 e. The first-order valence-electron chi connectivity index (χ1n) is 11.2. The van der Waals surface area contributed by atoms with Gasteiger partial charge in [-0.25, -0.2) is 13.4 Å². The summed E-state index contributed by atoms with van der Waals surface area (Å²) >= 11 is 1.28. The van der Waals surface area contributed by atoms with E-state index in [1.165, 1.54) is 21.7 Å². The van der Waals surface area contributed by atoms with Crippen LogP contribution in [0.5, 0.6) is 0 Å². The van der Waals surface area contributed by atoms with E-state index in [0.29, 0.717) is 41.5 Å². The molecule has 0 bridgehead atoms. The molecule has 5 rings (SSSR count). The molecule has 2 aromatic heterocycles. The number of carbonyl (C=O) groups excluding carboxylic acids is 1. The predicted octanol–water partition coefficient (Wildman–Crippen LogP) is 5.48. The lowest BCUT2D eigenvalue weighted by Gasteiger charge is -2.34. The van der Waals surface area contributed by atoms with Crippen molar-refractivity contribution in [2.45, 2.75) is 25.2 Å². The van der Waals surface area contributed by atoms with Crippen LogP contribution in [-0.4, -0.2) is 36.7 Å². The van der Waals surface area contributed by atoms with Crippen molar-refractivity contribution in [3.63, 3.8) is 0 Å².